The zero-order valence-electron chi connectivity index (χ0n) is 72.1. The molecule has 0 unspecified atom stereocenters. The van der Waals surface area contributed by atoms with Crippen LogP contribution in [0.3, 0.4) is 0 Å². The molecule has 0 amide bonds. The minimum absolute atomic E-state index is 0.613. The summed E-state index contributed by atoms with van der Waals surface area (Å²) in [6, 6.07) is 83.7. The zero-order chi connectivity index (χ0) is 77.9. The van der Waals surface area contributed by atoms with Gasteiger partial charge in [0, 0.05) is 0 Å². The monoisotopic (exact) mass is 1480 g/mol. The van der Waals surface area contributed by atoms with Crippen LogP contribution >= 0.6 is 0 Å². The number of hydrogen-bond acceptors (Lipinski definition) is 0. The molecule has 0 saturated heterocycles. The molecule has 0 heterocycles. The molecule has 0 heteroatoms. The summed E-state index contributed by atoms with van der Waals surface area (Å²) >= 11 is 0. The maximum atomic E-state index is 2.40. The van der Waals surface area contributed by atoms with E-state index in [1.165, 1.54) is 224 Å². The second-order valence-corrected chi connectivity index (χ2v) is 36.3. The summed E-state index contributed by atoms with van der Waals surface area (Å²) in [5.74, 6) is 6.73. The van der Waals surface area contributed by atoms with Crippen molar-refractivity contribution in [3.8, 4) is 0 Å². The van der Waals surface area contributed by atoms with E-state index < -0.39 is 0 Å². The molecule has 602 valence electrons. The first kappa shape index (κ1) is 92.6. The number of aryl methyl sites for hydroxylation is 2. The molecule has 0 nitrogen and oxygen atoms in total. The SMILES string of the molecule is C1CCC(CC2CCCCC2)CC1.C1CCC(CC2CCCCC2)CC1.C1CCC(CC2CCCCC2)CC1.CC1(C)CCCC(C)(C)C1.CCCCCCCC.Cc1ccccc1.Cc1ccccc1.c1ccc(Cc2ccccc2)cc1.c1ccc(Cc2ccccc2)cc1.c1ccc(Cc2ccccc2)cc1. The molecule has 0 radical (unpaired) electrons. The van der Waals surface area contributed by atoms with E-state index in [2.05, 4.69) is 262 Å². The third-order valence-electron chi connectivity index (χ3n) is 24.6. The molecule has 110 heavy (non-hydrogen) atoms. The zero-order valence-corrected chi connectivity index (χ0v) is 72.1. The van der Waals surface area contributed by atoms with Crippen molar-refractivity contribution in [2.45, 2.75) is 351 Å². The lowest BCUT2D eigenvalue weighted by atomic mass is 9.65. The molecule has 0 N–H and O–H groups in total. The minimum Gasteiger partial charge on any atom is -0.0654 e. The molecule has 7 aliphatic rings. The molecule has 0 aromatic heterocycles. The lowest BCUT2D eigenvalue weighted by Gasteiger charge is -2.40. The summed E-state index contributed by atoms with van der Waals surface area (Å²) in [6.45, 7) is 18.3. The Morgan fingerprint density at radius 2 is 0.391 bits per heavy atom. The molecular formula is C110H162. The van der Waals surface area contributed by atoms with Gasteiger partial charge in [-0.2, -0.15) is 0 Å². The van der Waals surface area contributed by atoms with Crippen molar-refractivity contribution < 1.29 is 0 Å². The van der Waals surface area contributed by atoms with Crippen LogP contribution in [0.5, 0.6) is 0 Å². The van der Waals surface area contributed by atoms with Crippen LogP contribution in [0.2, 0.25) is 0 Å². The molecule has 7 saturated carbocycles. The van der Waals surface area contributed by atoms with Crippen molar-refractivity contribution >= 4 is 0 Å². The number of hydrogen-bond donors (Lipinski definition) is 0. The van der Waals surface area contributed by atoms with Gasteiger partial charge in [-0.15, -0.1) is 0 Å². The van der Waals surface area contributed by atoms with Gasteiger partial charge in [0.05, 0.1) is 0 Å². The van der Waals surface area contributed by atoms with Crippen LogP contribution in [0.25, 0.3) is 0 Å². The van der Waals surface area contributed by atoms with E-state index in [-0.39, 0.29) is 0 Å². The van der Waals surface area contributed by atoms with Gasteiger partial charge >= 0.3 is 0 Å². The fraction of sp³-hybridized carbons (Fsp3) is 0.564. The van der Waals surface area contributed by atoms with Gasteiger partial charge < -0.3 is 0 Å². The first-order valence-electron chi connectivity index (χ1n) is 46.1. The van der Waals surface area contributed by atoms with Crippen LogP contribution in [-0.2, 0) is 19.3 Å². The van der Waals surface area contributed by atoms with Crippen molar-refractivity contribution in [1.29, 1.82) is 0 Å². The van der Waals surface area contributed by atoms with E-state index in [4.69, 9.17) is 0 Å². The molecule has 0 spiro atoms. The molecule has 8 aromatic carbocycles. The summed E-state index contributed by atoms with van der Waals surface area (Å²) in [4.78, 5) is 0. The maximum Gasteiger partial charge on any atom is -0.00258 e. The minimum atomic E-state index is 0.613. The molecule has 7 fully saturated rings. The average molecular weight is 1480 g/mol. The molecule has 0 atom stereocenters. The van der Waals surface area contributed by atoms with E-state index in [1.807, 2.05) is 36.4 Å². The summed E-state index contributed by atoms with van der Waals surface area (Å²) < 4.78 is 0. The van der Waals surface area contributed by atoms with Crippen molar-refractivity contribution in [3.63, 3.8) is 0 Å². The van der Waals surface area contributed by atoms with E-state index >= 15 is 0 Å². The third-order valence-corrected chi connectivity index (χ3v) is 24.6. The Bertz CT molecular complexity index is 2780. The lowest BCUT2D eigenvalue weighted by molar-refractivity contribution is 0.116. The third kappa shape index (κ3) is 46.7. The Morgan fingerprint density at radius 1 is 0.218 bits per heavy atom. The first-order valence-corrected chi connectivity index (χ1v) is 46.1. The van der Waals surface area contributed by atoms with Gasteiger partial charge in [-0.25, -0.2) is 0 Å². The fourth-order valence-corrected chi connectivity index (χ4v) is 18.7. The standard InChI is InChI=1S/3C13H24.3C13H12.C10H20.C8H18.2C7H8/c6*1-3-7-12(8-4-1)11-13-9-5-2-6-10-13;1-9(2)6-5-7-10(3,4)8-9;1-3-5-7-8-6-4-2;2*1-7-5-3-2-4-6-7/h3*12-13H,1-11H2;3*1-10H,11H2;5-8H2,1-4H3;3-8H2,1-2H3;2*2-6H,1H3. The van der Waals surface area contributed by atoms with E-state index in [0.29, 0.717) is 10.8 Å². The molecular weight excluding hydrogens is 1320 g/mol. The van der Waals surface area contributed by atoms with Crippen LogP contribution in [-0.4, -0.2) is 0 Å². The first-order chi connectivity index (χ1) is 53.8. The smallest absolute Gasteiger partial charge is 0.00258 e. The Morgan fingerprint density at radius 3 is 0.527 bits per heavy atom. The van der Waals surface area contributed by atoms with Crippen LogP contribution in [0, 0.1) is 60.2 Å². The van der Waals surface area contributed by atoms with Crippen molar-refractivity contribution in [2.75, 3.05) is 0 Å². The number of unbranched alkanes of at least 4 members (excludes halogenated alkanes) is 5. The van der Waals surface area contributed by atoms with Crippen LogP contribution in [0.1, 0.15) is 362 Å². The van der Waals surface area contributed by atoms with Crippen LogP contribution < -0.4 is 0 Å². The number of benzene rings is 8. The highest BCUT2D eigenvalue weighted by atomic mass is 14.4. The van der Waals surface area contributed by atoms with Crippen molar-refractivity contribution in [1.82, 2.24) is 0 Å². The van der Waals surface area contributed by atoms with E-state index in [9.17, 15) is 0 Å². The highest BCUT2D eigenvalue weighted by molar-refractivity contribution is 5.28. The maximum absolute atomic E-state index is 2.40. The Hall–Kier alpha value is -6.24. The predicted octanol–water partition coefficient (Wildman–Crippen LogP) is 34.4. The Balaban J connectivity index is 0.000000192. The largest absolute Gasteiger partial charge is 0.0654 e. The molecule has 15 rings (SSSR count). The topological polar surface area (TPSA) is 0 Å². The van der Waals surface area contributed by atoms with Gasteiger partial charge in [0.25, 0.3) is 0 Å². The van der Waals surface area contributed by atoms with Gasteiger partial charge in [0.2, 0.25) is 0 Å². The second kappa shape index (κ2) is 59.5. The second-order valence-electron chi connectivity index (χ2n) is 36.3. The summed E-state index contributed by atoms with van der Waals surface area (Å²) in [6.07, 6.45) is 68.0. The van der Waals surface area contributed by atoms with Crippen LogP contribution in [0.15, 0.2) is 243 Å². The highest BCUT2D eigenvalue weighted by Crippen LogP contribution is 2.45. The van der Waals surface area contributed by atoms with Gasteiger partial charge in [-0.3, -0.25) is 0 Å². The predicted molar refractivity (Wildman–Crippen MR) is 488 cm³/mol. The Labute approximate surface area is 679 Å². The van der Waals surface area contributed by atoms with Gasteiger partial charge in [0.15, 0.2) is 0 Å². The highest BCUT2D eigenvalue weighted by Gasteiger charge is 2.33. The molecule has 8 aromatic rings. The normalized spacial score (nSPS) is 17.9. The average Bonchev–Trinajstić information content (AvgIpc) is 0.836. The fourth-order valence-electron chi connectivity index (χ4n) is 18.7. The van der Waals surface area contributed by atoms with Crippen molar-refractivity contribution in [3.05, 3.63) is 287 Å². The Kier molecular flexibility index (Phi) is 50.1. The van der Waals surface area contributed by atoms with Crippen LogP contribution in [0.4, 0.5) is 0 Å². The number of rotatable bonds is 17. The summed E-state index contributed by atoms with van der Waals surface area (Å²) in [7, 11) is 0. The molecule has 0 aliphatic heterocycles. The molecule has 7 aliphatic carbocycles. The van der Waals surface area contributed by atoms with E-state index in [0.717, 1.165) is 54.8 Å². The van der Waals surface area contributed by atoms with Gasteiger partial charge in [-0.05, 0) is 151 Å². The summed E-state index contributed by atoms with van der Waals surface area (Å²) in [5, 5.41) is 0. The quantitative estimate of drug-likeness (QED) is 0.0797. The van der Waals surface area contributed by atoms with Gasteiger partial charge in [0.1, 0.15) is 0 Å². The lowest BCUT2D eigenvalue weighted by Crippen LogP contribution is -2.28. The van der Waals surface area contributed by atoms with Crippen molar-refractivity contribution in [2.24, 2.45) is 46.3 Å². The molecule has 0 bridgehead atoms. The van der Waals surface area contributed by atoms with Gasteiger partial charge in [-0.1, -0.05) is 533 Å². The summed E-state index contributed by atoms with van der Waals surface area (Å²) in [5.41, 5.74) is 12.1. The van der Waals surface area contributed by atoms with E-state index in [1.54, 1.807) is 96.3 Å².